The first kappa shape index (κ1) is 22.9. The molecule has 1 N–H and O–H groups in total. The van der Waals surface area contributed by atoms with Gasteiger partial charge in [-0.15, -0.1) is 4.39 Å². The van der Waals surface area contributed by atoms with Crippen LogP contribution in [-0.4, -0.2) is 49.2 Å². The average molecular weight is 330 g/mol. The maximum Gasteiger partial charge on any atom is 0.397 e. The number of hydrogen-bond donors (Lipinski definition) is 1. The minimum absolute atomic E-state index is 0.111. The van der Waals surface area contributed by atoms with Gasteiger partial charge in [0.05, 0.1) is 0 Å². The molecule has 0 aliphatic heterocycles. The number of halogens is 4. The zero-order valence-corrected chi connectivity index (χ0v) is 13.4. The first-order chi connectivity index (χ1) is 10.2. The summed E-state index contributed by atoms with van der Waals surface area (Å²) < 4.78 is 44.7. The van der Waals surface area contributed by atoms with E-state index in [1.165, 1.54) is 0 Å². The third kappa shape index (κ3) is 16.7. The highest BCUT2D eigenvalue weighted by molar-refractivity contribution is 5.75. The van der Waals surface area contributed by atoms with Crippen molar-refractivity contribution in [1.29, 1.82) is 0 Å². The van der Waals surface area contributed by atoms with Crippen LogP contribution in [0.15, 0.2) is 0 Å². The smallest absolute Gasteiger partial charge is 0.343 e. The van der Waals surface area contributed by atoms with Crippen molar-refractivity contribution < 1.29 is 27.2 Å². The molecule has 0 aliphatic rings. The molecule has 0 unspecified atom stereocenters. The Kier molecular flexibility index (Phi) is 13.9. The van der Waals surface area contributed by atoms with Crippen LogP contribution in [0.5, 0.6) is 0 Å². The molecule has 0 rings (SSSR count). The molecule has 0 bridgehead atoms. The van der Waals surface area contributed by atoms with Gasteiger partial charge in [0.1, 0.15) is 0 Å². The van der Waals surface area contributed by atoms with Gasteiger partial charge in [0.25, 0.3) is 5.92 Å². The van der Waals surface area contributed by atoms with Crippen LogP contribution < -0.4 is 5.32 Å². The van der Waals surface area contributed by atoms with Gasteiger partial charge in [-0.2, -0.15) is 0 Å². The molecule has 0 atom stereocenters. The molecule has 0 spiro atoms. The number of unbranched alkanes of at least 4 members (excludes halogenated alkanes) is 1. The average Bonchev–Trinajstić information content (AvgIpc) is 2.45. The van der Waals surface area contributed by atoms with E-state index in [9.17, 15) is 27.2 Å². The molecule has 0 aromatic rings. The molecule has 8 heteroatoms. The van der Waals surface area contributed by atoms with E-state index >= 15 is 0 Å². The molecule has 0 aromatic heterocycles. The zero-order chi connectivity index (χ0) is 17.6. The zero-order valence-electron chi connectivity index (χ0n) is 13.4. The van der Waals surface area contributed by atoms with Crippen LogP contribution in [0.3, 0.4) is 0 Å². The Labute approximate surface area is 129 Å². The quantitative estimate of drug-likeness (QED) is 0.303. The van der Waals surface area contributed by atoms with Gasteiger partial charge in [-0.3, -0.25) is 4.79 Å². The van der Waals surface area contributed by atoms with Gasteiger partial charge in [-0.25, -0.2) is 18.0 Å². The fourth-order valence-corrected chi connectivity index (χ4v) is 1.39. The molecule has 22 heavy (non-hydrogen) atoms. The molecular formula is C14H26F4N2O2. The molecule has 132 valence electrons. The van der Waals surface area contributed by atoms with Gasteiger partial charge in [0.2, 0.25) is 5.91 Å². The molecule has 0 aromatic carbocycles. The monoisotopic (exact) mass is 330 g/mol. The van der Waals surface area contributed by atoms with Crippen LogP contribution in [0.2, 0.25) is 0 Å². The standard InChI is InChI=1S/C11H21FN2O2.C3H5F3/c1-3-5-8-14(10(15)4-2)9-6-7-13-11(12)16;1-3(5,6)2-4/h3-9H2,1-2H3,(H,13,16);2H2,1H3. The van der Waals surface area contributed by atoms with Crippen molar-refractivity contribution in [2.45, 2.75) is 52.4 Å². The normalized spacial score (nSPS) is 10.5. The number of alkyl halides is 3. The van der Waals surface area contributed by atoms with Gasteiger partial charge >= 0.3 is 6.16 Å². The number of carbonyl (C=O) groups is 2. The SMILES string of the molecule is CC(F)(F)CF.CCCCN(CCCNC(=O)F)C(=O)CC. The van der Waals surface area contributed by atoms with Crippen LogP contribution in [0, 0.1) is 0 Å². The fraction of sp³-hybridized carbons (Fsp3) is 0.857. The fourth-order valence-electron chi connectivity index (χ4n) is 1.39. The minimum atomic E-state index is -3.12. The second-order valence-corrected chi connectivity index (χ2v) is 4.85. The van der Waals surface area contributed by atoms with Crippen molar-refractivity contribution in [1.82, 2.24) is 10.2 Å². The van der Waals surface area contributed by atoms with Gasteiger partial charge in [0, 0.05) is 33.0 Å². The summed E-state index contributed by atoms with van der Waals surface area (Å²) in [5.74, 6) is -3.01. The van der Waals surface area contributed by atoms with Crippen LogP contribution >= 0.6 is 0 Å². The molecule has 2 amide bonds. The summed E-state index contributed by atoms with van der Waals surface area (Å²) in [5, 5.41) is 2.07. The number of rotatable bonds is 9. The number of nitrogens with one attached hydrogen (secondary N) is 1. The lowest BCUT2D eigenvalue weighted by Crippen LogP contribution is -2.34. The van der Waals surface area contributed by atoms with Crippen molar-refractivity contribution in [3.63, 3.8) is 0 Å². The second kappa shape index (κ2) is 13.3. The Morgan fingerprint density at radius 1 is 1.14 bits per heavy atom. The number of hydrogen-bond acceptors (Lipinski definition) is 2. The molecule has 0 fully saturated rings. The summed E-state index contributed by atoms with van der Waals surface area (Å²) in [5.41, 5.74) is 0. The minimum Gasteiger partial charge on any atom is -0.343 e. The van der Waals surface area contributed by atoms with Crippen molar-refractivity contribution in [3.05, 3.63) is 0 Å². The largest absolute Gasteiger partial charge is 0.397 e. The lowest BCUT2D eigenvalue weighted by atomic mass is 10.2. The predicted molar refractivity (Wildman–Crippen MR) is 77.5 cm³/mol. The summed E-state index contributed by atoms with van der Waals surface area (Å²) in [6, 6.07) is 0. The molecule has 0 saturated carbocycles. The van der Waals surface area contributed by atoms with Gasteiger partial charge in [-0.05, 0) is 12.8 Å². The van der Waals surface area contributed by atoms with Crippen molar-refractivity contribution >= 4 is 12.1 Å². The van der Waals surface area contributed by atoms with E-state index in [2.05, 4.69) is 12.2 Å². The molecule has 0 aliphatic carbocycles. The van der Waals surface area contributed by atoms with Gasteiger partial charge in [-0.1, -0.05) is 20.3 Å². The Hall–Kier alpha value is -1.34. The third-order valence-corrected chi connectivity index (χ3v) is 2.54. The summed E-state index contributed by atoms with van der Waals surface area (Å²) >= 11 is 0. The molecule has 4 nitrogen and oxygen atoms in total. The highest BCUT2D eigenvalue weighted by Crippen LogP contribution is 2.10. The maximum atomic E-state index is 11.8. The third-order valence-electron chi connectivity index (χ3n) is 2.54. The van der Waals surface area contributed by atoms with Crippen molar-refractivity contribution in [2.24, 2.45) is 0 Å². The lowest BCUT2D eigenvalue weighted by molar-refractivity contribution is -0.131. The topological polar surface area (TPSA) is 49.4 Å². The molecule has 0 saturated heterocycles. The Bertz CT molecular complexity index is 310. The Morgan fingerprint density at radius 3 is 2.00 bits per heavy atom. The van der Waals surface area contributed by atoms with Gasteiger partial charge < -0.3 is 10.2 Å². The van der Waals surface area contributed by atoms with Gasteiger partial charge in [0.15, 0.2) is 6.67 Å². The van der Waals surface area contributed by atoms with Crippen LogP contribution in [0.1, 0.15) is 46.5 Å². The van der Waals surface area contributed by atoms with E-state index in [-0.39, 0.29) is 12.5 Å². The summed E-state index contributed by atoms with van der Waals surface area (Å²) in [6.07, 6.45) is 1.57. The van der Waals surface area contributed by atoms with Crippen molar-refractivity contribution in [3.8, 4) is 0 Å². The first-order valence-corrected chi connectivity index (χ1v) is 7.32. The summed E-state index contributed by atoms with van der Waals surface area (Å²) in [7, 11) is 0. The summed E-state index contributed by atoms with van der Waals surface area (Å²) in [6.45, 7) is 4.46. The summed E-state index contributed by atoms with van der Waals surface area (Å²) in [4.78, 5) is 23.3. The lowest BCUT2D eigenvalue weighted by Gasteiger charge is -2.21. The highest BCUT2D eigenvalue weighted by atomic mass is 19.3. The maximum absolute atomic E-state index is 11.8. The van der Waals surface area contributed by atoms with E-state index in [0.29, 0.717) is 26.3 Å². The number of amides is 2. The molecular weight excluding hydrogens is 304 g/mol. The molecule has 0 radical (unpaired) electrons. The first-order valence-electron chi connectivity index (χ1n) is 7.32. The van der Waals surface area contributed by atoms with E-state index in [0.717, 1.165) is 19.4 Å². The number of nitrogens with zero attached hydrogens (tertiary/aromatic N) is 1. The Morgan fingerprint density at radius 2 is 1.64 bits per heavy atom. The second-order valence-electron chi connectivity index (χ2n) is 4.85. The van der Waals surface area contributed by atoms with E-state index < -0.39 is 18.8 Å². The highest BCUT2D eigenvalue weighted by Gasteiger charge is 2.19. The van der Waals surface area contributed by atoms with E-state index in [4.69, 9.17) is 0 Å². The van der Waals surface area contributed by atoms with Crippen LogP contribution in [-0.2, 0) is 4.79 Å². The van der Waals surface area contributed by atoms with Crippen molar-refractivity contribution in [2.75, 3.05) is 26.3 Å². The van der Waals surface area contributed by atoms with Crippen LogP contribution in [0.4, 0.5) is 22.4 Å². The molecule has 0 heterocycles. The van der Waals surface area contributed by atoms with E-state index in [1.54, 1.807) is 4.90 Å². The van der Waals surface area contributed by atoms with E-state index in [1.807, 2.05) is 6.92 Å². The predicted octanol–water partition coefficient (Wildman–Crippen LogP) is 3.71. The Balaban J connectivity index is 0. The number of carbonyl (C=O) groups excluding carboxylic acids is 2. The van der Waals surface area contributed by atoms with Crippen LogP contribution in [0.25, 0.3) is 0 Å².